The molecule has 2 saturated heterocycles. The number of carbonyl (C=O) groups is 1. The van der Waals surface area contributed by atoms with Gasteiger partial charge in [0.25, 0.3) is 5.56 Å². The molecule has 1 N–H and O–H groups in total. The predicted octanol–water partition coefficient (Wildman–Crippen LogP) is 5.71. The fraction of sp³-hybridized carbons (Fsp3) is 0.714. The Balaban J connectivity index is 1.30. The van der Waals surface area contributed by atoms with Crippen molar-refractivity contribution in [2.24, 2.45) is 22.9 Å². The highest BCUT2D eigenvalue weighted by atomic mass is 16.6. The molecule has 0 amide bonds. The molecule has 9 heteroatoms. The lowest BCUT2D eigenvalue weighted by Gasteiger charge is -2.56. The van der Waals surface area contributed by atoms with Gasteiger partial charge in [-0.25, -0.2) is 4.98 Å². The summed E-state index contributed by atoms with van der Waals surface area (Å²) in [6.07, 6.45) is 13.8. The molecule has 6 rings (SSSR count). The zero-order valence-electron chi connectivity index (χ0n) is 26.9. The zero-order chi connectivity index (χ0) is 30.8. The van der Waals surface area contributed by atoms with E-state index in [1.807, 2.05) is 47.8 Å². The van der Waals surface area contributed by atoms with E-state index in [9.17, 15) is 14.7 Å². The standard InChI is InChI=1S/C35H51N5O4/c1-4-23-16-24-18-25(17-23)20-28(19-24)39-26-8-7-9-27(39)22-29(21-26)40-32-11-6-5-10-30(32)36-34(35(40)43)31(12-13-33(41)42)37-44-15-14-38(2)3/h5-6,10-11,23-29H,4,7-9,12-22H2,1-3H3,(H,41,42)/b37-31+/t23?,24?,25?,26-,27+,28?,29+. The Bertz CT molecular complexity index is 1380. The van der Waals surface area contributed by atoms with Gasteiger partial charge < -0.3 is 19.4 Å². The molecular weight excluding hydrogens is 554 g/mol. The van der Waals surface area contributed by atoms with Crippen LogP contribution >= 0.6 is 0 Å². The second-order valence-electron chi connectivity index (χ2n) is 14.3. The van der Waals surface area contributed by atoms with Gasteiger partial charge in [-0.3, -0.25) is 14.5 Å². The SMILES string of the molecule is CCC1CC2CC(C1)CC(N1[C@@H]3CCC[C@H]1C[C@@H](n1c(=O)c(/C(CCC(=O)O)=N/OCCN(C)C)nc4ccccc41)C3)C2. The third-order valence-electron chi connectivity index (χ3n) is 11.0. The highest BCUT2D eigenvalue weighted by Gasteiger charge is 2.46. The third-order valence-corrected chi connectivity index (χ3v) is 11.0. The van der Waals surface area contributed by atoms with E-state index in [1.54, 1.807) is 0 Å². The maximum Gasteiger partial charge on any atom is 0.303 e. The highest BCUT2D eigenvalue weighted by Crippen LogP contribution is 2.49. The summed E-state index contributed by atoms with van der Waals surface area (Å²) in [5.74, 6) is 1.75. The molecule has 9 nitrogen and oxygen atoms in total. The summed E-state index contributed by atoms with van der Waals surface area (Å²) in [5, 5.41) is 13.7. The molecule has 2 aromatic rings. The maximum absolute atomic E-state index is 14.4. The summed E-state index contributed by atoms with van der Waals surface area (Å²) in [6.45, 7) is 3.37. The van der Waals surface area contributed by atoms with Gasteiger partial charge in [0.2, 0.25) is 0 Å². The number of piperidine rings is 2. The fourth-order valence-electron chi connectivity index (χ4n) is 9.21. The first-order chi connectivity index (χ1) is 21.3. The highest BCUT2D eigenvalue weighted by molar-refractivity contribution is 6.00. The van der Waals surface area contributed by atoms with Crippen LogP contribution in [0.5, 0.6) is 0 Å². The van der Waals surface area contributed by atoms with Crippen LogP contribution in [0.4, 0.5) is 0 Å². The summed E-state index contributed by atoms with van der Waals surface area (Å²) in [7, 11) is 3.90. The second-order valence-corrected chi connectivity index (χ2v) is 14.3. The number of carboxylic acids is 1. The van der Waals surface area contributed by atoms with Crippen LogP contribution < -0.4 is 5.56 Å². The van der Waals surface area contributed by atoms with Crippen molar-refractivity contribution in [3.05, 3.63) is 40.3 Å². The largest absolute Gasteiger partial charge is 0.481 e. The number of para-hydroxylation sites is 2. The van der Waals surface area contributed by atoms with Gasteiger partial charge in [0.15, 0.2) is 5.69 Å². The number of aliphatic carboxylic acids is 1. The van der Waals surface area contributed by atoms with E-state index in [4.69, 9.17) is 9.82 Å². The van der Waals surface area contributed by atoms with Gasteiger partial charge >= 0.3 is 5.97 Å². The molecule has 2 aliphatic heterocycles. The van der Waals surface area contributed by atoms with Crippen molar-refractivity contribution in [1.29, 1.82) is 0 Å². The molecule has 4 bridgehead atoms. The molecular formula is C35H51N5O4. The molecule has 44 heavy (non-hydrogen) atoms. The topological polar surface area (TPSA) is 100 Å². The minimum absolute atomic E-state index is 0.0728. The van der Waals surface area contributed by atoms with Gasteiger partial charge in [-0.1, -0.05) is 37.1 Å². The minimum atomic E-state index is -0.940. The van der Waals surface area contributed by atoms with E-state index in [0.717, 1.165) is 41.6 Å². The smallest absolute Gasteiger partial charge is 0.303 e. The molecule has 2 unspecified atom stereocenters. The van der Waals surface area contributed by atoms with Crippen molar-refractivity contribution in [3.63, 3.8) is 0 Å². The number of oxime groups is 1. The minimum Gasteiger partial charge on any atom is -0.481 e. The zero-order valence-corrected chi connectivity index (χ0v) is 26.9. The number of fused-ring (bicyclic) bond motifs is 5. The molecule has 240 valence electrons. The molecule has 4 fully saturated rings. The molecule has 4 aliphatic rings. The van der Waals surface area contributed by atoms with Crippen LogP contribution in [0.25, 0.3) is 11.0 Å². The van der Waals surface area contributed by atoms with Gasteiger partial charge in [-0.2, -0.15) is 0 Å². The Morgan fingerprint density at radius 1 is 0.977 bits per heavy atom. The average Bonchev–Trinajstić information content (AvgIpc) is 2.99. The van der Waals surface area contributed by atoms with Crippen molar-refractivity contribution in [2.45, 2.75) is 115 Å². The number of likely N-dealkylation sites (N-methyl/N-ethyl adjacent to an activating group) is 1. The normalized spacial score (nSPS) is 30.9. The van der Waals surface area contributed by atoms with E-state index in [0.29, 0.717) is 37.0 Å². The lowest BCUT2D eigenvalue weighted by Crippen LogP contribution is -2.59. The van der Waals surface area contributed by atoms with Crippen molar-refractivity contribution in [3.8, 4) is 0 Å². The Morgan fingerprint density at radius 2 is 1.68 bits per heavy atom. The van der Waals surface area contributed by atoms with E-state index >= 15 is 0 Å². The summed E-state index contributed by atoms with van der Waals surface area (Å²) in [5.41, 5.74) is 1.93. The van der Waals surface area contributed by atoms with E-state index in [2.05, 4.69) is 17.0 Å². The van der Waals surface area contributed by atoms with Gasteiger partial charge in [0.05, 0.1) is 17.5 Å². The molecule has 1 aromatic carbocycles. The molecule has 2 aliphatic carbocycles. The first-order valence-corrected chi connectivity index (χ1v) is 17.1. The first-order valence-electron chi connectivity index (χ1n) is 17.1. The molecule has 2 saturated carbocycles. The van der Waals surface area contributed by atoms with E-state index < -0.39 is 5.97 Å². The van der Waals surface area contributed by atoms with Gasteiger partial charge in [0.1, 0.15) is 12.3 Å². The lowest BCUT2D eigenvalue weighted by molar-refractivity contribution is -0.136. The van der Waals surface area contributed by atoms with Crippen LogP contribution in [0.2, 0.25) is 0 Å². The number of benzene rings is 1. The lowest BCUT2D eigenvalue weighted by atomic mass is 9.64. The third kappa shape index (κ3) is 6.74. The molecule has 0 spiro atoms. The summed E-state index contributed by atoms with van der Waals surface area (Å²) < 4.78 is 1.98. The number of carboxylic acid groups (broad SMARTS) is 1. The van der Waals surface area contributed by atoms with Crippen LogP contribution in [-0.4, -0.2) is 81.5 Å². The first kappa shape index (κ1) is 31.2. The van der Waals surface area contributed by atoms with E-state index in [-0.39, 0.29) is 30.1 Å². The second kappa shape index (κ2) is 13.7. The maximum atomic E-state index is 14.4. The van der Waals surface area contributed by atoms with Crippen LogP contribution in [-0.2, 0) is 9.63 Å². The number of nitrogens with zero attached hydrogens (tertiary/aromatic N) is 5. The van der Waals surface area contributed by atoms with Crippen LogP contribution in [0.1, 0.15) is 102 Å². The van der Waals surface area contributed by atoms with Crippen molar-refractivity contribution >= 4 is 22.7 Å². The Kier molecular flexibility index (Phi) is 9.71. The molecule has 5 atom stereocenters. The number of aromatic nitrogens is 2. The van der Waals surface area contributed by atoms with Crippen LogP contribution in [0.3, 0.4) is 0 Å². The monoisotopic (exact) mass is 605 g/mol. The number of rotatable bonds is 11. The van der Waals surface area contributed by atoms with Crippen LogP contribution in [0.15, 0.2) is 34.2 Å². The van der Waals surface area contributed by atoms with Gasteiger partial charge in [-0.15, -0.1) is 0 Å². The Hall–Kier alpha value is -2.78. The Morgan fingerprint density at radius 3 is 2.34 bits per heavy atom. The summed E-state index contributed by atoms with van der Waals surface area (Å²) in [6, 6.07) is 9.61. The van der Waals surface area contributed by atoms with Gasteiger partial charge in [-0.05, 0) is 102 Å². The predicted molar refractivity (Wildman–Crippen MR) is 173 cm³/mol. The quantitative estimate of drug-likeness (QED) is 0.199. The van der Waals surface area contributed by atoms with Crippen molar-refractivity contribution in [1.82, 2.24) is 19.4 Å². The fourth-order valence-corrected chi connectivity index (χ4v) is 9.21. The van der Waals surface area contributed by atoms with E-state index in [1.165, 1.54) is 57.8 Å². The molecule has 0 radical (unpaired) electrons. The number of hydrogen-bond donors (Lipinski definition) is 1. The van der Waals surface area contributed by atoms with Crippen LogP contribution in [0, 0.1) is 17.8 Å². The average molecular weight is 606 g/mol. The van der Waals surface area contributed by atoms with Crippen molar-refractivity contribution in [2.75, 3.05) is 27.2 Å². The molecule has 3 heterocycles. The molecule has 1 aromatic heterocycles. The number of hydrogen-bond acceptors (Lipinski definition) is 7. The van der Waals surface area contributed by atoms with Gasteiger partial charge in [0, 0.05) is 37.1 Å². The summed E-state index contributed by atoms with van der Waals surface area (Å²) >= 11 is 0. The summed E-state index contributed by atoms with van der Waals surface area (Å²) in [4.78, 5) is 41.2. The van der Waals surface area contributed by atoms with Crippen molar-refractivity contribution < 1.29 is 14.7 Å². The Labute approximate surface area is 261 Å².